The highest BCUT2D eigenvalue weighted by atomic mass is 35.5. The molecule has 0 bridgehead atoms. The van der Waals surface area contributed by atoms with Crippen LogP contribution >= 0.6 is 35.0 Å². The van der Waals surface area contributed by atoms with Gasteiger partial charge in [-0.05, 0) is 6.42 Å². The molecule has 0 aliphatic rings. The number of aromatic nitrogens is 2. The van der Waals surface area contributed by atoms with Crippen LogP contribution in [0.15, 0.2) is 5.16 Å². The van der Waals surface area contributed by atoms with Crippen LogP contribution in [0.5, 0.6) is 0 Å². The van der Waals surface area contributed by atoms with E-state index in [1.165, 1.54) is 11.8 Å². The Morgan fingerprint density at radius 3 is 2.36 bits per heavy atom. The molecule has 78 valence electrons. The lowest BCUT2D eigenvalue weighted by Gasteiger charge is -2.05. The molecule has 1 aromatic rings. The van der Waals surface area contributed by atoms with Gasteiger partial charge < -0.3 is 0 Å². The van der Waals surface area contributed by atoms with Gasteiger partial charge in [-0.25, -0.2) is 9.97 Å². The zero-order valence-corrected chi connectivity index (χ0v) is 9.75. The molecule has 2 N–H and O–H groups in total. The average Bonchev–Trinajstić information content (AvgIpc) is 2.14. The van der Waals surface area contributed by atoms with Gasteiger partial charge in [0.05, 0.1) is 0 Å². The van der Waals surface area contributed by atoms with E-state index in [9.17, 15) is 0 Å². The molecule has 0 saturated carbocycles. The second kappa shape index (κ2) is 5.60. The number of thioether (sulfide) groups is 1. The Labute approximate surface area is 96.0 Å². The highest BCUT2D eigenvalue weighted by Gasteiger charge is 2.10. The van der Waals surface area contributed by atoms with E-state index in [2.05, 4.69) is 16.9 Å². The Kier molecular flexibility index (Phi) is 4.74. The third-order valence-electron chi connectivity index (χ3n) is 1.35. The second-order valence-electron chi connectivity index (χ2n) is 2.42. The minimum absolute atomic E-state index is 0.117. The van der Waals surface area contributed by atoms with Crippen LogP contribution in [-0.4, -0.2) is 20.9 Å². The van der Waals surface area contributed by atoms with Crippen LogP contribution in [0.1, 0.15) is 13.3 Å². The van der Waals surface area contributed by atoms with Crippen molar-refractivity contribution < 1.29 is 5.21 Å². The summed E-state index contributed by atoms with van der Waals surface area (Å²) in [5.74, 6) is 0.901. The van der Waals surface area contributed by atoms with Crippen molar-refractivity contribution in [2.45, 2.75) is 18.5 Å². The zero-order valence-electron chi connectivity index (χ0n) is 7.42. The minimum Gasteiger partial charge on any atom is -0.291 e. The molecule has 1 heterocycles. The van der Waals surface area contributed by atoms with E-state index in [-0.39, 0.29) is 16.0 Å². The van der Waals surface area contributed by atoms with E-state index in [0.717, 1.165) is 12.2 Å². The second-order valence-corrected chi connectivity index (χ2v) is 4.20. The van der Waals surface area contributed by atoms with E-state index in [1.54, 1.807) is 0 Å². The molecule has 14 heavy (non-hydrogen) atoms. The fourth-order valence-electron chi connectivity index (χ4n) is 0.740. The van der Waals surface area contributed by atoms with E-state index in [1.807, 2.05) is 5.48 Å². The summed E-state index contributed by atoms with van der Waals surface area (Å²) in [7, 11) is 0. The monoisotopic (exact) mass is 253 g/mol. The lowest BCUT2D eigenvalue weighted by atomic mass is 10.6. The molecule has 0 unspecified atom stereocenters. The quantitative estimate of drug-likeness (QED) is 0.374. The third-order valence-corrected chi connectivity index (χ3v) is 2.95. The van der Waals surface area contributed by atoms with Crippen molar-refractivity contribution in [3.05, 3.63) is 10.3 Å². The van der Waals surface area contributed by atoms with E-state index in [4.69, 9.17) is 28.4 Å². The fourth-order valence-corrected chi connectivity index (χ4v) is 2.01. The van der Waals surface area contributed by atoms with Crippen molar-refractivity contribution >= 4 is 40.7 Å². The SMILES string of the molecule is CCCSc1nc(Cl)c(NO)c(Cl)n1. The number of halogens is 2. The van der Waals surface area contributed by atoms with E-state index in [0.29, 0.717) is 5.16 Å². The maximum atomic E-state index is 8.66. The number of nitrogens with one attached hydrogen (secondary N) is 1. The highest BCUT2D eigenvalue weighted by Crippen LogP contribution is 2.29. The summed E-state index contributed by atoms with van der Waals surface area (Å²) in [6, 6.07) is 0. The Morgan fingerprint density at radius 1 is 1.36 bits per heavy atom. The molecule has 0 aliphatic carbocycles. The maximum Gasteiger partial charge on any atom is 0.190 e. The first-order valence-electron chi connectivity index (χ1n) is 3.95. The molecule has 0 atom stereocenters. The molecule has 0 fully saturated rings. The number of nitrogens with zero attached hydrogens (tertiary/aromatic N) is 2. The third kappa shape index (κ3) is 2.88. The van der Waals surface area contributed by atoms with Crippen molar-refractivity contribution in [2.24, 2.45) is 0 Å². The number of rotatable bonds is 4. The summed E-state index contributed by atoms with van der Waals surface area (Å²) >= 11 is 13.0. The maximum absolute atomic E-state index is 8.66. The van der Waals surface area contributed by atoms with Gasteiger partial charge in [-0.15, -0.1) is 0 Å². The van der Waals surface area contributed by atoms with Crippen LogP contribution < -0.4 is 5.48 Å². The molecule has 7 heteroatoms. The van der Waals surface area contributed by atoms with Crippen molar-refractivity contribution in [2.75, 3.05) is 11.2 Å². The van der Waals surface area contributed by atoms with Crippen LogP contribution in [0.25, 0.3) is 0 Å². The van der Waals surface area contributed by atoms with E-state index < -0.39 is 0 Å². The van der Waals surface area contributed by atoms with Crippen LogP contribution in [-0.2, 0) is 0 Å². The molecule has 0 spiro atoms. The summed E-state index contributed by atoms with van der Waals surface area (Å²) in [6.07, 6.45) is 1.02. The van der Waals surface area contributed by atoms with Crippen molar-refractivity contribution in [3.8, 4) is 0 Å². The molecule has 0 amide bonds. The lowest BCUT2D eigenvalue weighted by Crippen LogP contribution is -1.98. The number of hydrogen-bond acceptors (Lipinski definition) is 5. The summed E-state index contributed by atoms with van der Waals surface area (Å²) < 4.78 is 0. The smallest absolute Gasteiger partial charge is 0.190 e. The molecular weight excluding hydrogens is 245 g/mol. The van der Waals surface area contributed by atoms with Crippen LogP contribution in [0.3, 0.4) is 0 Å². The first-order valence-corrected chi connectivity index (χ1v) is 5.69. The van der Waals surface area contributed by atoms with Gasteiger partial charge in [0, 0.05) is 5.75 Å². The van der Waals surface area contributed by atoms with E-state index >= 15 is 0 Å². The van der Waals surface area contributed by atoms with Gasteiger partial charge >= 0.3 is 0 Å². The summed E-state index contributed by atoms with van der Waals surface area (Å²) in [5, 5.41) is 9.41. The molecular formula is C7H9Cl2N3OS. The van der Waals surface area contributed by atoms with Gasteiger partial charge in [-0.2, -0.15) is 0 Å². The molecule has 1 aromatic heterocycles. The standard InChI is InChI=1S/C7H9Cl2N3OS/c1-2-3-14-7-10-5(8)4(12-13)6(9)11-7/h12-13H,2-3H2,1H3. The number of hydrogen-bond donors (Lipinski definition) is 2. The molecule has 4 nitrogen and oxygen atoms in total. The Hall–Kier alpha value is -0.230. The predicted octanol–water partition coefficient (Wildman–Crippen LogP) is 3.09. The van der Waals surface area contributed by atoms with Gasteiger partial charge in [0.1, 0.15) is 5.69 Å². The fraction of sp³-hybridized carbons (Fsp3) is 0.429. The van der Waals surface area contributed by atoms with Gasteiger partial charge in [-0.1, -0.05) is 41.9 Å². The topological polar surface area (TPSA) is 58.0 Å². The van der Waals surface area contributed by atoms with Gasteiger partial charge in [0.25, 0.3) is 0 Å². The average molecular weight is 254 g/mol. The first-order chi connectivity index (χ1) is 6.69. The Morgan fingerprint density at radius 2 is 1.93 bits per heavy atom. The first kappa shape index (κ1) is 11.8. The van der Waals surface area contributed by atoms with Crippen LogP contribution in [0.2, 0.25) is 10.3 Å². The van der Waals surface area contributed by atoms with Gasteiger partial charge in [0.15, 0.2) is 15.5 Å². The van der Waals surface area contributed by atoms with Crippen LogP contribution in [0, 0.1) is 0 Å². The summed E-state index contributed by atoms with van der Waals surface area (Å²) in [5.41, 5.74) is 1.98. The molecule has 0 aromatic carbocycles. The molecule has 0 saturated heterocycles. The minimum atomic E-state index is 0.117. The predicted molar refractivity (Wildman–Crippen MR) is 58.5 cm³/mol. The molecule has 0 radical (unpaired) electrons. The van der Waals surface area contributed by atoms with Gasteiger partial charge in [0.2, 0.25) is 0 Å². The number of anilines is 1. The largest absolute Gasteiger partial charge is 0.291 e. The Bertz CT molecular complexity index is 301. The Balaban J connectivity index is 2.90. The van der Waals surface area contributed by atoms with Crippen molar-refractivity contribution in [3.63, 3.8) is 0 Å². The molecule has 1 rings (SSSR count). The van der Waals surface area contributed by atoms with Crippen molar-refractivity contribution in [1.29, 1.82) is 0 Å². The summed E-state index contributed by atoms with van der Waals surface area (Å²) in [6.45, 7) is 2.06. The van der Waals surface area contributed by atoms with Gasteiger partial charge in [-0.3, -0.25) is 10.7 Å². The zero-order chi connectivity index (χ0) is 10.6. The molecule has 0 aliphatic heterocycles. The van der Waals surface area contributed by atoms with Crippen molar-refractivity contribution in [1.82, 2.24) is 9.97 Å². The normalized spacial score (nSPS) is 10.3. The summed E-state index contributed by atoms with van der Waals surface area (Å²) in [4.78, 5) is 7.91. The lowest BCUT2D eigenvalue weighted by molar-refractivity contribution is 0.388. The van der Waals surface area contributed by atoms with Crippen LogP contribution in [0.4, 0.5) is 5.69 Å². The highest BCUT2D eigenvalue weighted by molar-refractivity contribution is 7.99.